The van der Waals surface area contributed by atoms with Crippen molar-refractivity contribution in [1.82, 2.24) is 4.90 Å². The molecule has 0 bridgehead atoms. The van der Waals surface area contributed by atoms with Gasteiger partial charge in [0.2, 0.25) is 5.91 Å². The van der Waals surface area contributed by atoms with Crippen molar-refractivity contribution >= 4 is 15.7 Å². The van der Waals surface area contributed by atoms with Crippen molar-refractivity contribution in [2.24, 2.45) is 0 Å². The quantitative estimate of drug-likeness (QED) is 0.796. The third-order valence-electron chi connectivity index (χ3n) is 5.19. The number of carbonyl (C=O) groups is 1. The maximum absolute atomic E-state index is 13.2. The van der Waals surface area contributed by atoms with Gasteiger partial charge >= 0.3 is 0 Å². The lowest BCUT2D eigenvalue weighted by molar-refractivity contribution is -0.141. The van der Waals surface area contributed by atoms with Crippen LogP contribution >= 0.6 is 0 Å². The Morgan fingerprint density at radius 2 is 1.91 bits per heavy atom. The van der Waals surface area contributed by atoms with Gasteiger partial charge in [-0.05, 0) is 37.0 Å². The average Bonchev–Trinajstić information content (AvgIpc) is 2.94. The second-order valence-corrected chi connectivity index (χ2v) is 8.61. The van der Waals surface area contributed by atoms with E-state index in [4.69, 9.17) is 0 Å². The van der Waals surface area contributed by atoms with E-state index < -0.39 is 15.3 Å². The highest BCUT2D eigenvalue weighted by Gasteiger charge is 2.48. The molecule has 23 heavy (non-hydrogen) atoms. The molecule has 0 saturated heterocycles. The van der Waals surface area contributed by atoms with Crippen LogP contribution < -0.4 is 0 Å². The fourth-order valence-electron chi connectivity index (χ4n) is 3.61. The molecule has 1 aliphatic heterocycles. The number of rotatable bonds is 4. The molecule has 2 aliphatic rings. The van der Waals surface area contributed by atoms with Crippen molar-refractivity contribution in [2.75, 3.05) is 12.8 Å². The molecule has 4 nitrogen and oxygen atoms in total. The first-order valence-electron chi connectivity index (χ1n) is 8.17. The summed E-state index contributed by atoms with van der Waals surface area (Å²) in [5.41, 5.74) is 0.484. The van der Waals surface area contributed by atoms with Crippen LogP contribution in [0.1, 0.15) is 38.2 Å². The van der Waals surface area contributed by atoms with Gasteiger partial charge in [-0.15, -0.1) is 0 Å². The molecule has 1 atom stereocenters. The summed E-state index contributed by atoms with van der Waals surface area (Å²) < 4.78 is 23.2. The summed E-state index contributed by atoms with van der Waals surface area (Å²) in [7, 11) is -3.21. The molecular formula is C18H23NO3S. The zero-order valence-electron chi connectivity index (χ0n) is 13.7. The van der Waals surface area contributed by atoms with Crippen LogP contribution in [-0.2, 0) is 20.0 Å². The fourth-order valence-corrected chi connectivity index (χ4v) is 4.24. The van der Waals surface area contributed by atoms with Gasteiger partial charge in [-0.2, -0.15) is 0 Å². The lowest BCUT2D eigenvalue weighted by Crippen LogP contribution is -2.52. The monoisotopic (exact) mass is 333 g/mol. The molecular weight excluding hydrogens is 310 g/mol. The molecule has 3 rings (SSSR count). The van der Waals surface area contributed by atoms with E-state index >= 15 is 0 Å². The van der Waals surface area contributed by atoms with Gasteiger partial charge in [0.1, 0.15) is 0 Å². The van der Waals surface area contributed by atoms with E-state index in [1.165, 1.54) is 6.26 Å². The number of hydrogen-bond donors (Lipinski definition) is 0. The van der Waals surface area contributed by atoms with Gasteiger partial charge in [-0.3, -0.25) is 4.79 Å². The Balaban J connectivity index is 1.91. The van der Waals surface area contributed by atoms with Crippen LogP contribution in [-0.4, -0.2) is 38.1 Å². The standard InChI is InChI=1S/C18H23NO3S/c1-3-15-6-4-13-19(15)17(20)18(11-5-12-18)14-7-9-16(10-8-14)23(2,21)22/h4,6-10,15H,3,5,11-13H2,1-2H3/t15-/m0/s1. The minimum absolute atomic E-state index is 0.188. The van der Waals surface area contributed by atoms with Crippen molar-refractivity contribution in [1.29, 1.82) is 0 Å². The second kappa shape index (κ2) is 5.78. The largest absolute Gasteiger partial charge is 0.332 e. The molecule has 0 radical (unpaired) electrons. The third-order valence-corrected chi connectivity index (χ3v) is 6.32. The number of sulfone groups is 1. The highest BCUT2D eigenvalue weighted by atomic mass is 32.2. The van der Waals surface area contributed by atoms with Gasteiger partial charge in [0.15, 0.2) is 9.84 Å². The van der Waals surface area contributed by atoms with E-state index in [0.29, 0.717) is 11.4 Å². The minimum atomic E-state index is -3.21. The normalized spacial score (nSPS) is 22.9. The number of nitrogens with zero attached hydrogens (tertiary/aromatic N) is 1. The molecule has 1 aromatic carbocycles. The Morgan fingerprint density at radius 3 is 2.39 bits per heavy atom. The molecule has 5 heteroatoms. The van der Waals surface area contributed by atoms with Gasteiger partial charge in [-0.25, -0.2) is 8.42 Å². The first-order valence-corrected chi connectivity index (χ1v) is 10.1. The molecule has 1 aromatic rings. The maximum atomic E-state index is 13.2. The Labute approximate surface area is 138 Å². The zero-order valence-corrected chi connectivity index (χ0v) is 14.5. The molecule has 124 valence electrons. The van der Waals surface area contributed by atoms with Crippen LogP contribution in [0, 0.1) is 0 Å². The van der Waals surface area contributed by atoms with Crippen molar-refractivity contribution in [3.8, 4) is 0 Å². The number of amides is 1. The fraction of sp³-hybridized carbons (Fsp3) is 0.500. The van der Waals surface area contributed by atoms with Crippen molar-refractivity contribution < 1.29 is 13.2 Å². The van der Waals surface area contributed by atoms with Crippen molar-refractivity contribution in [3.63, 3.8) is 0 Å². The van der Waals surface area contributed by atoms with Gasteiger partial charge in [0.25, 0.3) is 0 Å². The van der Waals surface area contributed by atoms with Crippen molar-refractivity contribution in [3.05, 3.63) is 42.0 Å². The van der Waals surface area contributed by atoms with Gasteiger partial charge in [0.05, 0.1) is 16.4 Å². The van der Waals surface area contributed by atoms with E-state index in [0.717, 1.165) is 31.2 Å². The van der Waals surface area contributed by atoms with Crippen LogP contribution in [0.5, 0.6) is 0 Å². The van der Waals surface area contributed by atoms with Crippen LogP contribution in [0.3, 0.4) is 0 Å². The average molecular weight is 333 g/mol. The summed E-state index contributed by atoms with van der Waals surface area (Å²) in [6.07, 6.45) is 9.02. The summed E-state index contributed by atoms with van der Waals surface area (Å²) in [6, 6.07) is 7.07. The van der Waals surface area contributed by atoms with E-state index in [-0.39, 0.29) is 11.9 Å². The maximum Gasteiger partial charge on any atom is 0.234 e. The first-order chi connectivity index (χ1) is 10.9. The van der Waals surface area contributed by atoms with Gasteiger partial charge in [-0.1, -0.05) is 37.6 Å². The molecule has 0 spiro atoms. The molecule has 1 fully saturated rings. The predicted molar refractivity (Wildman–Crippen MR) is 90.0 cm³/mol. The van der Waals surface area contributed by atoms with Gasteiger partial charge in [0, 0.05) is 12.8 Å². The van der Waals surface area contributed by atoms with E-state index in [9.17, 15) is 13.2 Å². The highest BCUT2D eigenvalue weighted by molar-refractivity contribution is 7.90. The number of hydrogen-bond acceptors (Lipinski definition) is 3. The molecule has 1 saturated carbocycles. The molecule has 0 unspecified atom stereocenters. The van der Waals surface area contributed by atoms with Crippen LogP contribution in [0.2, 0.25) is 0 Å². The lowest BCUT2D eigenvalue weighted by atomic mass is 9.63. The highest BCUT2D eigenvalue weighted by Crippen LogP contribution is 2.46. The third kappa shape index (κ3) is 2.71. The zero-order chi connectivity index (χ0) is 16.7. The molecule has 0 N–H and O–H groups in total. The Kier molecular flexibility index (Phi) is 4.08. The van der Waals surface area contributed by atoms with E-state index in [1.54, 1.807) is 12.1 Å². The van der Waals surface area contributed by atoms with E-state index in [1.807, 2.05) is 17.0 Å². The van der Waals surface area contributed by atoms with E-state index in [2.05, 4.69) is 19.1 Å². The molecule has 0 aromatic heterocycles. The second-order valence-electron chi connectivity index (χ2n) is 6.59. The Morgan fingerprint density at radius 1 is 1.26 bits per heavy atom. The molecule has 1 heterocycles. The topological polar surface area (TPSA) is 54.5 Å². The minimum Gasteiger partial charge on any atom is -0.332 e. The summed E-state index contributed by atoms with van der Waals surface area (Å²) in [6.45, 7) is 2.77. The lowest BCUT2D eigenvalue weighted by Gasteiger charge is -2.44. The first kappa shape index (κ1) is 16.2. The Hall–Kier alpha value is -1.62. The predicted octanol–water partition coefficient (Wildman–Crippen LogP) is 2.69. The molecule has 1 amide bonds. The number of carbonyl (C=O) groups excluding carboxylic acids is 1. The summed E-state index contributed by atoms with van der Waals surface area (Å²) in [4.78, 5) is 15.4. The Bertz CT molecular complexity index is 730. The van der Waals surface area contributed by atoms with Gasteiger partial charge < -0.3 is 4.90 Å². The van der Waals surface area contributed by atoms with Crippen LogP contribution in [0.4, 0.5) is 0 Å². The summed E-state index contributed by atoms with van der Waals surface area (Å²) in [5.74, 6) is 0.188. The summed E-state index contributed by atoms with van der Waals surface area (Å²) in [5, 5.41) is 0. The molecule has 1 aliphatic carbocycles. The van der Waals surface area contributed by atoms with Crippen molar-refractivity contribution in [2.45, 2.75) is 49.0 Å². The number of benzene rings is 1. The SMILES string of the molecule is CC[C@H]1C=CCN1C(=O)C1(c2ccc(S(C)(=O)=O)cc2)CCC1. The smallest absolute Gasteiger partial charge is 0.234 e. The summed E-state index contributed by atoms with van der Waals surface area (Å²) >= 11 is 0. The van der Waals surface area contributed by atoms with Crippen LogP contribution in [0.15, 0.2) is 41.3 Å². The van der Waals surface area contributed by atoms with Crippen LogP contribution in [0.25, 0.3) is 0 Å².